The topological polar surface area (TPSA) is 95.2 Å². The molecule has 2 heterocycles. The Bertz CT molecular complexity index is 1080. The summed E-state index contributed by atoms with van der Waals surface area (Å²) < 4.78 is 31.1. The fourth-order valence-electron chi connectivity index (χ4n) is 4.16. The van der Waals surface area contributed by atoms with Crippen LogP contribution in [0.25, 0.3) is 0 Å². The van der Waals surface area contributed by atoms with Crippen LogP contribution in [0.15, 0.2) is 44.7 Å². The van der Waals surface area contributed by atoms with E-state index in [0.717, 1.165) is 37.2 Å². The Hall–Kier alpha value is -2.65. The first-order valence-corrected chi connectivity index (χ1v) is 12.2. The van der Waals surface area contributed by atoms with E-state index < -0.39 is 10.0 Å². The quantitative estimate of drug-likeness (QED) is 0.715. The van der Waals surface area contributed by atoms with E-state index in [4.69, 9.17) is 4.42 Å². The molecule has 1 saturated heterocycles. The van der Waals surface area contributed by atoms with Crippen molar-refractivity contribution in [3.63, 3.8) is 0 Å². The van der Waals surface area contributed by atoms with Gasteiger partial charge in [0.05, 0.1) is 10.6 Å². The van der Waals surface area contributed by atoms with Gasteiger partial charge in [0.2, 0.25) is 0 Å². The molecule has 0 radical (unpaired) electrons. The summed E-state index contributed by atoms with van der Waals surface area (Å²) in [5.41, 5.74) is 2.10. The van der Waals surface area contributed by atoms with Crippen LogP contribution in [0.4, 0.5) is 0 Å². The number of sulfonamides is 1. The zero-order chi connectivity index (χ0) is 22.0. The van der Waals surface area contributed by atoms with E-state index in [9.17, 15) is 13.2 Å². The number of carbonyl (C=O) groups is 1. The van der Waals surface area contributed by atoms with Gasteiger partial charge in [0.15, 0.2) is 5.76 Å². The molecular weight excluding hydrogens is 416 g/mol. The Morgan fingerprint density at radius 3 is 2.52 bits per heavy atom. The van der Waals surface area contributed by atoms with Gasteiger partial charge >= 0.3 is 0 Å². The van der Waals surface area contributed by atoms with E-state index in [1.54, 1.807) is 18.2 Å². The number of likely N-dealkylation sites (N-methyl/N-ethyl adjacent to an activating group) is 1. The van der Waals surface area contributed by atoms with Crippen LogP contribution in [0.1, 0.15) is 47.2 Å². The summed E-state index contributed by atoms with van der Waals surface area (Å²) in [6, 6.07) is 8.13. The van der Waals surface area contributed by atoms with Gasteiger partial charge in [-0.3, -0.25) is 4.79 Å². The summed E-state index contributed by atoms with van der Waals surface area (Å²) in [5, 5.41) is 4.23. The predicted octanol–water partition coefficient (Wildman–Crippen LogP) is 2.38. The van der Waals surface area contributed by atoms with Gasteiger partial charge in [0.25, 0.3) is 15.9 Å². The molecule has 1 fully saturated rings. The first-order valence-electron chi connectivity index (χ1n) is 10.7. The molecule has 1 aromatic heterocycles. The minimum Gasteiger partial charge on any atom is -0.455 e. The second-order valence-corrected chi connectivity index (χ2v) is 9.56. The molecular formula is C22H28N4O4S. The number of hydrogen-bond acceptors (Lipinski definition) is 6. The molecule has 1 aliphatic heterocycles. The van der Waals surface area contributed by atoms with Gasteiger partial charge in [-0.2, -0.15) is 18.4 Å². The van der Waals surface area contributed by atoms with Crippen LogP contribution in [-0.2, 0) is 16.4 Å². The number of hydrazone groups is 1. The van der Waals surface area contributed by atoms with E-state index in [2.05, 4.69) is 21.8 Å². The molecule has 0 bridgehead atoms. The highest BCUT2D eigenvalue weighted by molar-refractivity contribution is 7.89. The molecule has 0 spiro atoms. The minimum atomic E-state index is -3.76. The Kier molecular flexibility index (Phi) is 6.15. The summed E-state index contributed by atoms with van der Waals surface area (Å²) >= 11 is 0. The SMILES string of the molecule is CCN1CCN(C(=O)c2oc3c(c2C)/C(=N/NS(=O)(=O)c2ccccc2)CCC3)CC1. The Labute approximate surface area is 183 Å². The van der Waals surface area contributed by atoms with Gasteiger partial charge in [-0.1, -0.05) is 25.1 Å². The average Bonchev–Trinajstić information content (AvgIpc) is 3.15. The monoisotopic (exact) mass is 444 g/mol. The number of fused-ring (bicyclic) bond motifs is 1. The van der Waals surface area contributed by atoms with Crippen LogP contribution in [0, 0.1) is 6.92 Å². The zero-order valence-corrected chi connectivity index (χ0v) is 18.7. The van der Waals surface area contributed by atoms with Gasteiger partial charge in [-0.15, -0.1) is 0 Å². The number of nitrogens with one attached hydrogen (secondary N) is 1. The number of hydrogen-bond donors (Lipinski definition) is 1. The number of aryl methyl sites for hydroxylation is 1. The van der Waals surface area contributed by atoms with E-state index >= 15 is 0 Å². The van der Waals surface area contributed by atoms with Crippen molar-refractivity contribution in [1.29, 1.82) is 0 Å². The summed E-state index contributed by atoms with van der Waals surface area (Å²) in [6.07, 6.45) is 2.11. The first kappa shape index (κ1) is 21.6. The maximum absolute atomic E-state index is 13.1. The van der Waals surface area contributed by atoms with Crippen LogP contribution in [0.3, 0.4) is 0 Å². The third-order valence-electron chi connectivity index (χ3n) is 5.98. The van der Waals surface area contributed by atoms with E-state index in [0.29, 0.717) is 43.2 Å². The summed E-state index contributed by atoms with van der Waals surface area (Å²) in [4.78, 5) is 19.7. The lowest BCUT2D eigenvalue weighted by Crippen LogP contribution is -2.48. The molecule has 9 heteroatoms. The number of benzene rings is 1. The van der Waals surface area contributed by atoms with Gasteiger partial charge in [0.1, 0.15) is 5.76 Å². The predicted molar refractivity (Wildman–Crippen MR) is 118 cm³/mol. The number of nitrogens with zero attached hydrogens (tertiary/aromatic N) is 3. The molecule has 2 aromatic rings. The number of rotatable bonds is 5. The van der Waals surface area contributed by atoms with Gasteiger partial charge in [0, 0.05) is 43.7 Å². The van der Waals surface area contributed by atoms with Crippen molar-refractivity contribution in [2.45, 2.75) is 38.0 Å². The van der Waals surface area contributed by atoms with E-state index in [-0.39, 0.29) is 10.8 Å². The van der Waals surface area contributed by atoms with Crippen molar-refractivity contribution < 1.29 is 17.6 Å². The highest BCUT2D eigenvalue weighted by Gasteiger charge is 2.31. The molecule has 0 unspecified atom stereocenters. The van der Waals surface area contributed by atoms with Crippen LogP contribution < -0.4 is 4.83 Å². The first-order chi connectivity index (χ1) is 14.9. The highest BCUT2D eigenvalue weighted by atomic mass is 32.2. The number of piperazine rings is 1. The van der Waals surface area contributed by atoms with Crippen molar-refractivity contribution in [1.82, 2.24) is 14.6 Å². The molecule has 1 aromatic carbocycles. The zero-order valence-electron chi connectivity index (χ0n) is 17.9. The second kappa shape index (κ2) is 8.84. The number of furan rings is 1. The maximum Gasteiger partial charge on any atom is 0.289 e. The van der Waals surface area contributed by atoms with Crippen LogP contribution in [0.2, 0.25) is 0 Å². The minimum absolute atomic E-state index is 0.105. The Morgan fingerprint density at radius 1 is 1.13 bits per heavy atom. The lowest BCUT2D eigenvalue weighted by atomic mass is 9.93. The molecule has 2 aliphatic rings. The molecule has 31 heavy (non-hydrogen) atoms. The van der Waals surface area contributed by atoms with Gasteiger partial charge < -0.3 is 14.2 Å². The third-order valence-corrected chi connectivity index (χ3v) is 7.21. The third kappa shape index (κ3) is 4.38. The van der Waals surface area contributed by atoms with E-state index in [1.807, 2.05) is 11.8 Å². The van der Waals surface area contributed by atoms with Crippen molar-refractivity contribution in [2.24, 2.45) is 5.10 Å². The maximum atomic E-state index is 13.1. The Morgan fingerprint density at radius 2 is 1.84 bits per heavy atom. The van der Waals surface area contributed by atoms with Crippen LogP contribution in [-0.4, -0.2) is 62.6 Å². The van der Waals surface area contributed by atoms with Crippen LogP contribution >= 0.6 is 0 Å². The van der Waals surface area contributed by atoms with Crippen molar-refractivity contribution in [3.05, 3.63) is 53.0 Å². The molecule has 0 atom stereocenters. The van der Waals surface area contributed by atoms with Gasteiger partial charge in [-0.25, -0.2) is 0 Å². The molecule has 166 valence electrons. The number of amides is 1. The van der Waals surface area contributed by atoms with Crippen molar-refractivity contribution >= 4 is 21.6 Å². The lowest BCUT2D eigenvalue weighted by molar-refractivity contribution is 0.0609. The van der Waals surface area contributed by atoms with Crippen molar-refractivity contribution in [2.75, 3.05) is 32.7 Å². The summed E-state index contributed by atoms with van der Waals surface area (Å²) in [5.74, 6) is 0.944. The summed E-state index contributed by atoms with van der Waals surface area (Å²) in [6.45, 7) is 8.02. The molecule has 1 aliphatic carbocycles. The largest absolute Gasteiger partial charge is 0.455 e. The standard InChI is InChI=1S/C22H28N4O4S/c1-3-25-12-14-26(15-13-25)22(27)21-16(2)20-18(10-7-11-19(20)30-21)23-24-31(28,29)17-8-5-4-6-9-17/h4-6,8-9,24H,3,7,10-15H2,1-2H3/b23-18+. The number of carbonyl (C=O) groups excluding carboxylic acids is 1. The van der Waals surface area contributed by atoms with Crippen LogP contribution in [0.5, 0.6) is 0 Å². The lowest BCUT2D eigenvalue weighted by Gasteiger charge is -2.33. The molecule has 0 saturated carbocycles. The fraction of sp³-hybridized carbons (Fsp3) is 0.455. The molecule has 4 rings (SSSR count). The Balaban J connectivity index is 1.57. The van der Waals surface area contributed by atoms with E-state index in [1.165, 1.54) is 12.1 Å². The summed E-state index contributed by atoms with van der Waals surface area (Å²) in [7, 11) is -3.76. The van der Waals surface area contributed by atoms with Gasteiger partial charge in [-0.05, 0) is 38.4 Å². The second-order valence-electron chi connectivity index (χ2n) is 7.90. The fourth-order valence-corrected chi connectivity index (χ4v) is 5.01. The highest BCUT2D eigenvalue weighted by Crippen LogP contribution is 2.31. The average molecular weight is 445 g/mol. The molecule has 1 amide bonds. The van der Waals surface area contributed by atoms with Crippen molar-refractivity contribution in [3.8, 4) is 0 Å². The molecule has 1 N–H and O–H groups in total. The molecule has 8 nitrogen and oxygen atoms in total. The normalized spacial score (nSPS) is 18.8. The smallest absolute Gasteiger partial charge is 0.289 e.